The van der Waals surface area contributed by atoms with Crippen LogP contribution in [0.1, 0.15) is 6.42 Å². The van der Waals surface area contributed by atoms with Gasteiger partial charge in [0.15, 0.2) is 0 Å². The summed E-state index contributed by atoms with van der Waals surface area (Å²) in [6, 6.07) is 33.3. The third kappa shape index (κ3) is 3.23. The Morgan fingerprint density at radius 1 is 0.690 bits per heavy atom. The van der Waals surface area contributed by atoms with E-state index >= 15 is 0 Å². The second-order valence-electron chi connectivity index (χ2n) is 7.52. The Bertz CT molecular complexity index is 900. The molecule has 29 heavy (non-hydrogen) atoms. The second-order valence-corrected chi connectivity index (χ2v) is 11.6. The van der Waals surface area contributed by atoms with E-state index in [0.29, 0.717) is 0 Å². The van der Waals surface area contributed by atoms with Crippen LogP contribution < -0.4 is 26.5 Å². The molecule has 1 atom stereocenters. The summed E-state index contributed by atoms with van der Waals surface area (Å²) >= 11 is 0. The first kappa shape index (κ1) is 19.6. The van der Waals surface area contributed by atoms with Crippen molar-refractivity contribution in [2.45, 2.75) is 11.7 Å². The topological polar surface area (TPSA) is 24.1 Å². The van der Waals surface area contributed by atoms with Crippen molar-refractivity contribution in [2.75, 3.05) is 14.1 Å². The van der Waals surface area contributed by atoms with E-state index in [2.05, 4.69) is 127 Å². The summed E-state index contributed by atoms with van der Waals surface area (Å²) in [6.07, 6.45) is 7.89. The zero-order chi connectivity index (χ0) is 20.2. The van der Waals surface area contributed by atoms with E-state index in [0.717, 1.165) is 6.42 Å². The first-order valence-corrected chi connectivity index (χ1v) is 12.2. The molecule has 0 spiro atoms. The van der Waals surface area contributed by atoms with E-state index in [1.807, 2.05) is 7.05 Å². The van der Waals surface area contributed by atoms with Crippen molar-refractivity contribution in [1.82, 2.24) is 10.6 Å². The van der Waals surface area contributed by atoms with Gasteiger partial charge in [-0.05, 0) is 0 Å². The molecule has 2 nitrogen and oxygen atoms in total. The SMILES string of the molecule is CNC1=CCC(NC)([PH](c2ccccc2)(c2ccccc2)c2ccccc2)C=C1. The predicted molar refractivity (Wildman–Crippen MR) is 129 cm³/mol. The summed E-state index contributed by atoms with van der Waals surface area (Å²) in [4.78, 5) is 0. The second kappa shape index (κ2) is 8.37. The van der Waals surface area contributed by atoms with Gasteiger partial charge in [0, 0.05) is 0 Å². The molecule has 148 valence electrons. The van der Waals surface area contributed by atoms with Crippen LogP contribution in [-0.4, -0.2) is 19.4 Å². The summed E-state index contributed by atoms with van der Waals surface area (Å²) in [5, 5.41) is 11.2. The van der Waals surface area contributed by atoms with E-state index in [9.17, 15) is 0 Å². The van der Waals surface area contributed by atoms with Crippen molar-refractivity contribution in [1.29, 1.82) is 0 Å². The first-order chi connectivity index (χ1) is 14.3. The molecule has 0 saturated carbocycles. The van der Waals surface area contributed by atoms with E-state index in [1.165, 1.54) is 21.6 Å². The van der Waals surface area contributed by atoms with Crippen LogP contribution in [0.3, 0.4) is 0 Å². The minimum atomic E-state index is -2.49. The fourth-order valence-corrected chi connectivity index (χ4v) is 10.6. The normalized spacial score (nSPS) is 19.4. The van der Waals surface area contributed by atoms with Crippen LogP contribution in [-0.2, 0) is 0 Å². The van der Waals surface area contributed by atoms with Crippen LogP contribution in [0.2, 0.25) is 0 Å². The molecule has 1 aliphatic rings. The molecule has 0 amide bonds. The van der Waals surface area contributed by atoms with Crippen molar-refractivity contribution >= 4 is 23.2 Å². The molecule has 4 rings (SSSR count). The number of rotatable bonds is 6. The van der Waals surface area contributed by atoms with Crippen LogP contribution in [0, 0.1) is 0 Å². The summed E-state index contributed by atoms with van der Waals surface area (Å²) in [5.41, 5.74) is 1.17. The molecule has 0 radical (unpaired) electrons. The van der Waals surface area contributed by atoms with Gasteiger partial charge in [0.1, 0.15) is 0 Å². The zero-order valence-electron chi connectivity index (χ0n) is 17.1. The van der Waals surface area contributed by atoms with Crippen LogP contribution in [0.15, 0.2) is 115 Å². The van der Waals surface area contributed by atoms with Gasteiger partial charge in [0.05, 0.1) is 0 Å². The number of nitrogens with one attached hydrogen (secondary N) is 2. The molecule has 2 N–H and O–H groups in total. The molecule has 0 aromatic heterocycles. The molecule has 3 heteroatoms. The monoisotopic (exact) mass is 400 g/mol. The number of allylic oxidation sites excluding steroid dienone is 1. The average Bonchev–Trinajstić information content (AvgIpc) is 2.82. The molecule has 3 aromatic rings. The van der Waals surface area contributed by atoms with E-state index in [1.54, 1.807) is 0 Å². The van der Waals surface area contributed by atoms with Gasteiger partial charge in [-0.15, -0.1) is 0 Å². The Morgan fingerprint density at radius 2 is 1.14 bits per heavy atom. The molecule has 1 aliphatic carbocycles. The van der Waals surface area contributed by atoms with Crippen molar-refractivity contribution in [3.8, 4) is 0 Å². The van der Waals surface area contributed by atoms with Crippen LogP contribution >= 0.6 is 7.26 Å². The predicted octanol–water partition coefficient (Wildman–Crippen LogP) is 3.69. The molecule has 0 aliphatic heterocycles. The first-order valence-electron chi connectivity index (χ1n) is 10.2. The standard InChI is InChI=1S/C26H29N2P/c1-27-22-18-20-26(28-2,21-19-22)29(23-12-6-3-7-13-23,24-14-8-4-9-15-24)25-16-10-5-11-17-25/h3-20,27-29H,21H2,1-2H3. The average molecular weight is 401 g/mol. The maximum absolute atomic E-state index is 3.80. The van der Waals surface area contributed by atoms with E-state index < -0.39 is 7.26 Å². The fourth-order valence-electron chi connectivity index (χ4n) is 4.81. The summed E-state index contributed by atoms with van der Waals surface area (Å²) < 4.78 is 0. The zero-order valence-corrected chi connectivity index (χ0v) is 18.1. The molecule has 1 unspecified atom stereocenters. The Morgan fingerprint density at radius 3 is 1.45 bits per heavy atom. The number of hydrogen-bond acceptors (Lipinski definition) is 2. The van der Waals surface area contributed by atoms with Gasteiger partial charge in [-0.1, -0.05) is 0 Å². The Labute approximate surface area is 174 Å². The molecular weight excluding hydrogens is 371 g/mol. The third-order valence-electron chi connectivity index (χ3n) is 6.22. The molecule has 3 aromatic carbocycles. The Hall–Kier alpha value is -2.67. The quantitative estimate of drug-likeness (QED) is 0.617. The van der Waals surface area contributed by atoms with Crippen LogP contribution in [0.5, 0.6) is 0 Å². The van der Waals surface area contributed by atoms with Gasteiger partial charge in [-0.3, -0.25) is 0 Å². The Kier molecular flexibility index (Phi) is 5.67. The van der Waals surface area contributed by atoms with Gasteiger partial charge in [0.2, 0.25) is 0 Å². The number of likely N-dealkylation sites (N-methyl/N-ethyl adjacent to an activating group) is 2. The summed E-state index contributed by atoms with van der Waals surface area (Å²) in [5.74, 6) is 0. The fraction of sp³-hybridized carbons (Fsp3) is 0.154. The molecule has 0 heterocycles. The van der Waals surface area contributed by atoms with E-state index in [-0.39, 0.29) is 5.28 Å². The van der Waals surface area contributed by atoms with Gasteiger partial charge in [-0.2, -0.15) is 0 Å². The van der Waals surface area contributed by atoms with Crippen LogP contribution in [0.4, 0.5) is 0 Å². The number of benzene rings is 3. The Balaban J connectivity index is 2.09. The molecular formula is C26H29N2P. The summed E-state index contributed by atoms with van der Waals surface area (Å²) in [6.45, 7) is 0. The third-order valence-corrected chi connectivity index (χ3v) is 11.8. The van der Waals surface area contributed by atoms with Crippen molar-refractivity contribution in [2.24, 2.45) is 0 Å². The van der Waals surface area contributed by atoms with Crippen LogP contribution in [0.25, 0.3) is 0 Å². The maximum atomic E-state index is 3.80. The van der Waals surface area contributed by atoms with Crippen molar-refractivity contribution < 1.29 is 0 Å². The minimum absolute atomic E-state index is 0.183. The molecule has 0 saturated heterocycles. The molecule has 0 bridgehead atoms. The van der Waals surface area contributed by atoms with Gasteiger partial charge < -0.3 is 0 Å². The van der Waals surface area contributed by atoms with Crippen molar-refractivity contribution in [3.63, 3.8) is 0 Å². The van der Waals surface area contributed by atoms with Gasteiger partial charge in [0.25, 0.3) is 0 Å². The number of hydrogen-bond donors (Lipinski definition) is 2. The molecule has 0 fully saturated rings. The van der Waals surface area contributed by atoms with E-state index in [4.69, 9.17) is 0 Å². The summed E-state index contributed by atoms with van der Waals surface area (Å²) in [7, 11) is 1.61. The van der Waals surface area contributed by atoms with Gasteiger partial charge in [-0.25, -0.2) is 0 Å². The van der Waals surface area contributed by atoms with Gasteiger partial charge >= 0.3 is 175 Å². The van der Waals surface area contributed by atoms with Crippen molar-refractivity contribution in [3.05, 3.63) is 115 Å².